The Balaban J connectivity index is 2.00. The minimum Gasteiger partial charge on any atom is -0.491 e. The van der Waals surface area contributed by atoms with Crippen molar-refractivity contribution in [2.24, 2.45) is 0 Å². The SMILES string of the molecule is CCc1ccc(CC(O)c2ccc(OC(C)C)cc2)nc1. The number of nitrogens with zero attached hydrogens (tertiary/aromatic N) is 1. The Kier molecular flexibility index (Phi) is 5.34. The second-order valence-electron chi connectivity index (χ2n) is 5.47. The molecule has 2 aromatic rings. The van der Waals surface area contributed by atoms with Crippen molar-refractivity contribution in [2.75, 3.05) is 0 Å². The van der Waals surface area contributed by atoms with Gasteiger partial charge in [-0.15, -0.1) is 0 Å². The van der Waals surface area contributed by atoms with Gasteiger partial charge < -0.3 is 9.84 Å². The zero-order valence-corrected chi connectivity index (χ0v) is 12.9. The van der Waals surface area contributed by atoms with Gasteiger partial charge in [-0.1, -0.05) is 25.1 Å². The standard InChI is InChI=1S/C18H23NO2/c1-4-14-5-8-16(19-12-14)11-18(20)15-6-9-17(10-7-15)21-13(2)3/h5-10,12-13,18,20H,4,11H2,1-3H3. The fraction of sp³-hybridized carbons (Fsp3) is 0.389. The van der Waals surface area contributed by atoms with E-state index in [2.05, 4.69) is 18.0 Å². The van der Waals surface area contributed by atoms with Crippen LogP contribution in [0.3, 0.4) is 0 Å². The van der Waals surface area contributed by atoms with Crippen LogP contribution in [0.25, 0.3) is 0 Å². The van der Waals surface area contributed by atoms with Gasteiger partial charge in [-0.05, 0) is 49.6 Å². The second-order valence-corrected chi connectivity index (χ2v) is 5.47. The topological polar surface area (TPSA) is 42.4 Å². The first-order chi connectivity index (χ1) is 10.1. The highest BCUT2D eigenvalue weighted by molar-refractivity contribution is 5.29. The van der Waals surface area contributed by atoms with E-state index in [-0.39, 0.29) is 6.10 Å². The van der Waals surface area contributed by atoms with Crippen molar-refractivity contribution < 1.29 is 9.84 Å². The van der Waals surface area contributed by atoms with Gasteiger partial charge in [0.05, 0.1) is 12.2 Å². The first kappa shape index (κ1) is 15.5. The summed E-state index contributed by atoms with van der Waals surface area (Å²) in [5.74, 6) is 0.825. The summed E-state index contributed by atoms with van der Waals surface area (Å²) in [6, 6.07) is 11.6. The Morgan fingerprint density at radius 3 is 2.33 bits per heavy atom. The van der Waals surface area contributed by atoms with Crippen LogP contribution >= 0.6 is 0 Å². The van der Waals surface area contributed by atoms with E-state index < -0.39 is 6.10 Å². The number of ether oxygens (including phenoxy) is 1. The van der Waals surface area contributed by atoms with Crippen molar-refractivity contribution in [1.29, 1.82) is 0 Å². The minimum atomic E-state index is -0.543. The van der Waals surface area contributed by atoms with Crippen molar-refractivity contribution in [3.05, 3.63) is 59.4 Å². The lowest BCUT2D eigenvalue weighted by molar-refractivity contribution is 0.177. The average molecular weight is 285 g/mol. The number of rotatable bonds is 6. The maximum absolute atomic E-state index is 10.3. The first-order valence-electron chi connectivity index (χ1n) is 7.47. The van der Waals surface area contributed by atoms with Crippen LogP contribution in [-0.2, 0) is 12.8 Å². The maximum atomic E-state index is 10.3. The molecular formula is C18H23NO2. The van der Waals surface area contributed by atoms with E-state index in [0.29, 0.717) is 6.42 Å². The molecule has 0 saturated heterocycles. The van der Waals surface area contributed by atoms with E-state index in [1.807, 2.05) is 50.4 Å². The molecule has 0 fully saturated rings. The zero-order chi connectivity index (χ0) is 15.2. The van der Waals surface area contributed by atoms with E-state index in [1.54, 1.807) is 0 Å². The maximum Gasteiger partial charge on any atom is 0.119 e. The predicted molar refractivity (Wildman–Crippen MR) is 84.5 cm³/mol. The molecule has 1 aromatic heterocycles. The number of benzene rings is 1. The lowest BCUT2D eigenvalue weighted by Crippen LogP contribution is -2.06. The first-order valence-corrected chi connectivity index (χ1v) is 7.47. The molecule has 0 bridgehead atoms. The van der Waals surface area contributed by atoms with E-state index in [0.717, 1.165) is 23.4 Å². The molecule has 0 spiro atoms. The predicted octanol–water partition coefficient (Wildman–Crippen LogP) is 3.71. The summed E-state index contributed by atoms with van der Waals surface area (Å²) in [5.41, 5.74) is 3.00. The van der Waals surface area contributed by atoms with Crippen LogP contribution in [0.1, 0.15) is 43.7 Å². The van der Waals surface area contributed by atoms with Crippen LogP contribution in [0, 0.1) is 0 Å². The number of pyridine rings is 1. The molecule has 1 aromatic carbocycles. The Bertz CT molecular complexity index is 546. The number of hydrogen-bond acceptors (Lipinski definition) is 3. The molecule has 21 heavy (non-hydrogen) atoms. The van der Waals surface area contributed by atoms with E-state index in [9.17, 15) is 5.11 Å². The summed E-state index contributed by atoms with van der Waals surface area (Å²) < 4.78 is 5.60. The van der Waals surface area contributed by atoms with Crippen LogP contribution in [0.4, 0.5) is 0 Å². The third-order valence-electron chi connectivity index (χ3n) is 3.33. The molecule has 1 atom stereocenters. The van der Waals surface area contributed by atoms with Gasteiger partial charge in [0, 0.05) is 18.3 Å². The lowest BCUT2D eigenvalue weighted by atomic mass is 10.0. The average Bonchev–Trinajstić information content (AvgIpc) is 2.48. The Morgan fingerprint density at radius 1 is 1.10 bits per heavy atom. The van der Waals surface area contributed by atoms with Gasteiger partial charge in [-0.3, -0.25) is 4.98 Å². The minimum absolute atomic E-state index is 0.155. The van der Waals surface area contributed by atoms with Gasteiger partial charge in [-0.2, -0.15) is 0 Å². The van der Waals surface area contributed by atoms with E-state index in [4.69, 9.17) is 4.74 Å². The molecule has 0 saturated carbocycles. The van der Waals surface area contributed by atoms with Crippen molar-refractivity contribution in [3.63, 3.8) is 0 Å². The van der Waals surface area contributed by atoms with Crippen LogP contribution < -0.4 is 4.74 Å². The molecular weight excluding hydrogens is 262 g/mol. The van der Waals surface area contributed by atoms with Gasteiger partial charge in [0.15, 0.2) is 0 Å². The summed E-state index contributed by atoms with van der Waals surface area (Å²) in [6.07, 6.45) is 2.99. The largest absolute Gasteiger partial charge is 0.491 e. The smallest absolute Gasteiger partial charge is 0.119 e. The summed E-state index contributed by atoms with van der Waals surface area (Å²) in [7, 11) is 0. The normalized spacial score (nSPS) is 12.4. The Hall–Kier alpha value is -1.87. The Morgan fingerprint density at radius 2 is 1.81 bits per heavy atom. The highest BCUT2D eigenvalue weighted by atomic mass is 16.5. The highest BCUT2D eigenvalue weighted by Gasteiger charge is 2.10. The molecule has 1 N–H and O–H groups in total. The lowest BCUT2D eigenvalue weighted by Gasteiger charge is -2.13. The van der Waals surface area contributed by atoms with Crippen molar-refractivity contribution in [2.45, 2.75) is 45.8 Å². The van der Waals surface area contributed by atoms with Gasteiger partial charge in [0.1, 0.15) is 5.75 Å². The third kappa shape index (κ3) is 4.57. The Labute approximate surface area is 126 Å². The highest BCUT2D eigenvalue weighted by Crippen LogP contribution is 2.21. The van der Waals surface area contributed by atoms with Crippen LogP contribution in [-0.4, -0.2) is 16.2 Å². The monoisotopic (exact) mass is 285 g/mol. The number of aliphatic hydroxyl groups is 1. The molecule has 0 aliphatic rings. The molecule has 3 nitrogen and oxygen atoms in total. The summed E-state index contributed by atoms with van der Waals surface area (Å²) >= 11 is 0. The molecule has 0 aliphatic carbocycles. The van der Waals surface area contributed by atoms with Gasteiger partial charge in [0.2, 0.25) is 0 Å². The molecule has 0 aliphatic heterocycles. The van der Waals surface area contributed by atoms with Gasteiger partial charge >= 0.3 is 0 Å². The molecule has 1 unspecified atom stereocenters. The zero-order valence-electron chi connectivity index (χ0n) is 12.9. The summed E-state index contributed by atoms with van der Waals surface area (Å²) in [5, 5.41) is 10.3. The molecule has 0 amide bonds. The van der Waals surface area contributed by atoms with Gasteiger partial charge in [0.25, 0.3) is 0 Å². The van der Waals surface area contributed by atoms with E-state index in [1.165, 1.54) is 5.56 Å². The van der Waals surface area contributed by atoms with Crippen molar-refractivity contribution in [3.8, 4) is 5.75 Å². The molecule has 2 rings (SSSR count). The quantitative estimate of drug-likeness (QED) is 0.880. The summed E-state index contributed by atoms with van der Waals surface area (Å²) in [4.78, 5) is 4.39. The molecule has 3 heteroatoms. The van der Waals surface area contributed by atoms with E-state index >= 15 is 0 Å². The molecule has 112 valence electrons. The second kappa shape index (κ2) is 7.23. The van der Waals surface area contributed by atoms with Crippen LogP contribution in [0.5, 0.6) is 5.75 Å². The molecule has 1 heterocycles. The number of aliphatic hydroxyl groups excluding tert-OH is 1. The fourth-order valence-electron chi connectivity index (χ4n) is 2.14. The van der Waals surface area contributed by atoms with Crippen molar-refractivity contribution >= 4 is 0 Å². The number of hydrogen-bond donors (Lipinski definition) is 1. The summed E-state index contributed by atoms with van der Waals surface area (Å²) in [6.45, 7) is 6.09. The number of aromatic nitrogens is 1. The van der Waals surface area contributed by atoms with Crippen LogP contribution in [0.15, 0.2) is 42.6 Å². The molecule has 0 radical (unpaired) electrons. The van der Waals surface area contributed by atoms with Crippen molar-refractivity contribution in [1.82, 2.24) is 4.98 Å². The third-order valence-corrected chi connectivity index (χ3v) is 3.33. The fourth-order valence-corrected chi connectivity index (χ4v) is 2.14. The van der Waals surface area contributed by atoms with Crippen LogP contribution in [0.2, 0.25) is 0 Å². The van der Waals surface area contributed by atoms with Gasteiger partial charge in [-0.25, -0.2) is 0 Å². The number of aryl methyl sites for hydroxylation is 1.